The lowest BCUT2D eigenvalue weighted by molar-refractivity contribution is -0.870. The second kappa shape index (κ2) is 70.4. The lowest BCUT2D eigenvalue weighted by Gasteiger charge is -2.28. The van der Waals surface area contributed by atoms with Crippen molar-refractivity contribution >= 4 is 19.8 Å². The Labute approximate surface area is 565 Å². The van der Waals surface area contributed by atoms with E-state index in [0.29, 0.717) is 17.4 Å². The van der Waals surface area contributed by atoms with Crippen molar-refractivity contribution in [3.63, 3.8) is 0 Å². The molecule has 0 aromatic carbocycles. The summed E-state index contributed by atoms with van der Waals surface area (Å²) in [5.74, 6) is -0.858. The third-order valence-electron chi connectivity index (χ3n) is 14.9. The number of esters is 2. The fraction of sp³-hybridized carbons (Fsp3) is 0.610. The average Bonchev–Trinajstić information content (AvgIpc) is 2.34. The minimum Gasteiger partial charge on any atom is -0.756 e. The van der Waals surface area contributed by atoms with Crippen LogP contribution in [0.3, 0.4) is 0 Å². The number of phosphoric ester groups is 1. The quantitative estimate of drug-likeness (QED) is 0.0195. The summed E-state index contributed by atoms with van der Waals surface area (Å²) in [4.78, 5) is 38.1. The van der Waals surface area contributed by atoms with E-state index in [1.54, 1.807) is 0 Å². The highest BCUT2D eigenvalue weighted by atomic mass is 31.2. The molecule has 0 rings (SSSR count). The number of hydrogen-bond donors (Lipinski definition) is 0. The van der Waals surface area contributed by atoms with E-state index < -0.39 is 32.5 Å². The van der Waals surface area contributed by atoms with Crippen LogP contribution in [0, 0.1) is 0 Å². The molecule has 0 aliphatic heterocycles. The minimum atomic E-state index is -4.66. The number of hydrogen-bond acceptors (Lipinski definition) is 8. The molecule has 0 spiro atoms. The molecular formula is C82H134NO8P. The van der Waals surface area contributed by atoms with Gasteiger partial charge >= 0.3 is 11.9 Å². The van der Waals surface area contributed by atoms with E-state index in [2.05, 4.69) is 196 Å². The van der Waals surface area contributed by atoms with Crippen LogP contribution in [0.1, 0.15) is 271 Å². The van der Waals surface area contributed by atoms with Crippen LogP contribution in [-0.2, 0) is 32.7 Å². The smallest absolute Gasteiger partial charge is 0.306 e. The van der Waals surface area contributed by atoms with Gasteiger partial charge in [-0.2, -0.15) is 0 Å². The zero-order valence-corrected chi connectivity index (χ0v) is 60.1. The zero-order chi connectivity index (χ0) is 66.9. The number of allylic oxidation sites excluding steroid dienone is 30. The number of quaternary nitrogens is 1. The molecule has 2 atom stereocenters. The topological polar surface area (TPSA) is 111 Å². The molecule has 0 aromatic heterocycles. The van der Waals surface area contributed by atoms with Gasteiger partial charge in [0.2, 0.25) is 0 Å². The van der Waals surface area contributed by atoms with Gasteiger partial charge in [0.25, 0.3) is 7.82 Å². The first-order chi connectivity index (χ1) is 45.0. The summed E-state index contributed by atoms with van der Waals surface area (Å²) in [6, 6.07) is 0. The Morgan fingerprint density at radius 1 is 0.337 bits per heavy atom. The van der Waals surface area contributed by atoms with Crippen molar-refractivity contribution in [2.75, 3.05) is 47.5 Å². The Bertz CT molecular complexity index is 2210. The minimum absolute atomic E-state index is 0.0428. The van der Waals surface area contributed by atoms with Crippen LogP contribution in [0.5, 0.6) is 0 Å². The van der Waals surface area contributed by atoms with Crippen molar-refractivity contribution in [3.8, 4) is 0 Å². The van der Waals surface area contributed by atoms with Crippen molar-refractivity contribution in [3.05, 3.63) is 182 Å². The molecule has 0 aliphatic rings. The maximum absolute atomic E-state index is 12.9. The number of carbonyl (C=O) groups excluding carboxylic acids is 2. The van der Waals surface area contributed by atoms with Gasteiger partial charge in [0, 0.05) is 12.8 Å². The summed E-state index contributed by atoms with van der Waals surface area (Å²) >= 11 is 0. The number of rotatable bonds is 65. The predicted octanol–water partition coefficient (Wildman–Crippen LogP) is 23.6. The summed E-state index contributed by atoms with van der Waals surface area (Å²) in [7, 11) is 1.14. The Morgan fingerprint density at radius 3 is 0.870 bits per heavy atom. The van der Waals surface area contributed by atoms with Crippen molar-refractivity contribution < 1.29 is 42.1 Å². The molecule has 10 heteroatoms. The lowest BCUT2D eigenvalue weighted by atomic mass is 10.0. The summed E-state index contributed by atoms with van der Waals surface area (Å²) in [5.41, 5.74) is 0. The molecule has 92 heavy (non-hydrogen) atoms. The van der Waals surface area contributed by atoms with Gasteiger partial charge in [-0.15, -0.1) is 0 Å². The van der Waals surface area contributed by atoms with E-state index in [0.717, 1.165) is 154 Å². The Balaban J connectivity index is 4.13. The van der Waals surface area contributed by atoms with Gasteiger partial charge in [-0.05, 0) is 135 Å². The van der Waals surface area contributed by atoms with Gasteiger partial charge in [-0.1, -0.05) is 305 Å². The molecule has 0 fully saturated rings. The highest BCUT2D eigenvalue weighted by Crippen LogP contribution is 2.38. The fourth-order valence-electron chi connectivity index (χ4n) is 9.42. The highest BCUT2D eigenvalue weighted by Gasteiger charge is 2.22. The lowest BCUT2D eigenvalue weighted by Crippen LogP contribution is -2.37. The van der Waals surface area contributed by atoms with E-state index in [1.807, 2.05) is 21.1 Å². The largest absolute Gasteiger partial charge is 0.756 e. The number of phosphoric acid groups is 1. The number of likely N-dealkylation sites (N-methyl/N-ethyl adjacent to an activating group) is 1. The van der Waals surface area contributed by atoms with Crippen molar-refractivity contribution in [1.82, 2.24) is 0 Å². The molecule has 0 saturated carbocycles. The van der Waals surface area contributed by atoms with E-state index in [1.165, 1.54) is 83.5 Å². The van der Waals surface area contributed by atoms with Crippen LogP contribution < -0.4 is 4.89 Å². The predicted molar refractivity (Wildman–Crippen MR) is 396 cm³/mol. The van der Waals surface area contributed by atoms with Gasteiger partial charge in [-0.25, -0.2) is 0 Å². The molecule has 0 aromatic rings. The monoisotopic (exact) mass is 1290 g/mol. The van der Waals surface area contributed by atoms with Gasteiger partial charge in [0.1, 0.15) is 19.8 Å². The molecule has 0 N–H and O–H groups in total. The second-order valence-electron chi connectivity index (χ2n) is 24.8. The Morgan fingerprint density at radius 2 is 0.587 bits per heavy atom. The molecule has 520 valence electrons. The van der Waals surface area contributed by atoms with E-state index in [4.69, 9.17) is 18.5 Å². The molecule has 0 radical (unpaired) electrons. The molecule has 0 heterocycles. The number of carbonyl (C=O) groups is 2. The highest BCUT2D eigenvalue weighted by molar-refractivity contribution is 7.45. The molecule has 0 bridgehead atoms. The normalized spacial score (nSPS) is 14.2. The van der Waals surface area contributed by atoms with E-state index in [-0.39, 0.29) is 26.1 Å². The molecule has 0 amide bonds. The van der Waals surface area contributed by atoms with Crippen LogP contribution in [0.15, 0.2) is 182 Å². The standard InChI is InChI=1S/C82H134NO8P/c1-6-8-10-12-14-16-18-20-22-24-26-28-30-32-34-36-38-39-40-41-42-43-45-47-49-51-53-55-57-59-61-63-65-67-69-71-73-75-82(85)91-80(79-90-92(86,87)89-77-76-83(3,4)5)78-88-81(84)74-72-70-68-66-64-62-60-58-56-54-52-50-48-46-44-37-35-33-31-29-27-25-23-21-19-17-15-13-11-9-7-2/h8-11,14-17,20-23,26-29,32-35,38-39,41-42,45,47,51,53,57,59,80H,6-7,12-13,18-19,24-25,30-31,36-37,40,43-44,46,48-50,52,54-56,58,60-79H2,1-5H3/b10-8-,11-9-,16-14-,17-15-,22-20-,23-21-,28-26-,29-27-,34-32-,35-33-,39-38-,42-41-,47-45-,53-51-,59-57-. The van der Waals surface area contributed by atoms with Crippen molar-refractivity contribution in [2.45, 2.75) is 277 Å². The third kappa shape index (κ3) is 74.2. The van der Waals surface area contributed by atoms with Crippen LogP contribution in [0.25, 0.3) is 0 Å². The van der Waals surface area contributed by atoms with Crippen molar-refractivity contribution in [2.24, 2.45) is 0 Å². The first kappa shape index (κ1) is 87.1. The first-order valence-electron chi connectivity index (χ1n) is 36.5. The van der Waals surface area contributed by atoms with Gasteiger partial charge in [-0.3, -0.25) is 14.2 Å². The zero-order valence-electron chi connectivity index (χ0n) is 59.2. The van der Waals surface area contributed by atoms with Crippen LogP contribution >= 0.6 is 7.82 Å². The molecule has 2 unspecified atom stereocenters. The maximum atomic E-state index is 12.9. The number of ether oxygens (including phenoxy) is 2. The summed E-state index contributed by atoms with van der Waals surface area (Å²) in [5, 5.41) is 0. The summed E-state index contributed by atoms with van der Waals surface area (Å²) < 4.78 is 34.3. The molecule has 0 aliphatic carbocycles. The Kier molecular flexibility index (Phi) is 66.7. The van der Waals surface area contributed by atoms with Gasteiger partial charge < -0.3 is 27.9 Å². The number of unbranched alkanes of at least 4 members (excludes halogenated alkanes) is 21. The summed E-state index contributed by atoms with van der Waals surface area (Å²) in [6.07, 6.45) is 108. The average molecular weight is 1290 g/mol. The second-order valence-corrected chi connectivity index (χ2v) is 26.2. The molecule has 9 nitrogen and oxygen atoms in total. The maximum Gasteiger partial charge on any atom is 0.306 e. The van der Waals surface area contributed by atoms with Crippen LogP contribution in [-0.4, -0.2) is 70.0 Å². The fourth-order valence-corrected chi connectivity index (χ4v) is 10.1. The molecular weight excluding hydrogens is 1160 g/mol. The van der Waals surface area contributed by atoms with Gasteiger partial charge in [0.05, 0.1) is 27.7 Å². The SMILES string of the molecule is CC/C=C\C/C=C\C/C=C\C/C=C\C/C=C\C/C=C\C/C=C\C/C=C\C/C=C\C/C=C\CCCCCCCCC(=O)OC(COC(=O)CCCCCCCCCCCCCCCCC/C=C\C/C=C\C/C=C\C/C=C\C/C=C\CC)COP(=O)([O-])OCC[N+](C)(C)C. The number of nitrogens with zero attached hydrogens (tertiary/aromatic N) is 1. The van der Waals surface area contributed by atoms with Crippen LogP contribution in [0.4, 0.5) is 0 Å². The van der Waals surface area contributed by atoms with Crippen molar-refractivity contribution in [1.29, 1.82) is 0 Å². The van der Waals surface area contributed by atoms with Gasteiger partial charge in [0.15, 0.2) is 6.10 Å². The van der Waals surface area contributed by atoms with E-state index >= 15 is 0 Å². The Hall–Kier alpha value is -4.89. The first-order valence-corrected chi connectivity index (χ1v) is 38.0. The van der Waals surface area contributed by atoms with E-state index in [9.17, 15) is 19.0 Å². The summed E-state index contributed by atoms with van der Waals surface area (Å²) in [6.45, 7) is 3.99. The van der Waals surface area contributed by atoms with Crippen LogP contribution in [0.2, 0.25) is 0 Å². The molecule has 0 saturated heterocycles. The third-order valence-corrected chi connectivity index (χ3v) is 15.9.